The summed E-state index contributed by atoms with van der Waals surface area (Å²) in [7, 11) is 0. The summed E-state index contributed by atoms with van der Waals surface area (Å²) in [6.07, 6.45) is -2.06. The van der Waals surface area contributed by atoms with Gasteiger partial charge in [-0.05, 0) is 68.2 Å². The second-order valence-corrected chi connectivity index (χ2v) is 12.3. The van der Waals surface area contributed by atoms with E-state index in [1.165, 1.54) is 17.6 Å². The number of aryl methyl sites for hydroxylation is 1. The lowest BCUT2D eigenvalue weighted by Crippen LogP contribution is -2.38. The van der Waals surface area contributed by atoms with Gasteiger partial charge in [-0.1, -0.05) is 5.16 Å². The van der Waals surface area contributed by atoms with E-state index in [2.05, 4.69) is 41.7 Å². The van der Waals surface area contributed by atoms with Gasteiger partial charge in [0.25, 0.3) is 5.91 Å². The second-order valence-electron chi connectivity index (χ2n) is 12.3. The van der Waals surface area contributed by atoms with Gasteiger partial charge in [-0.2, -0.15) is 23.5 Å². The lowest BCUT2D eigenvalue weighted by atomic mass is 9.81. The minimum atomic E-state index is -4.50. The van der Waals surface area contributed by atoms with Crippen molar-refractivity contribution in [1.29, 1.82) is 5.26 Å². The fourth-order valence-electron chi connectivity index (χ4n) is 6.06. The molecule has 0 spiro atoms. The number of halogens is 5. The third kappa shape index (κ3) is 5.59. The highest BCUT2D eigenvalue weighted by molar-refractivity contribution is 5.93. The summed E-state index contributed by atoms with van der Waals surface area (Å²) >= 11 is 0. The largest absolute Gasteiger partial charge is 0.395 e. The van der Waals surface area contributed by atoms with Crippen LogP contribution in [0.5, 0.6) is 0 Å². The fourth-order valence-corrected chi connectivity index (χ4v) is 6.06. The van der Waals surface area contributed by atoms with E-state index in [9.17, 15) is 36.8 Å². The number of hydrogen-bond donors (Lipinski definition) is 2. The third-order valence-electron chi connectivity index (χ3n) is 9.22. The molecule has 0 saturated heterocycles. The summed E-state index contributed by atoms with van der Waals surface area (Å²) in [6, 6.07) is 2.08. The van der Waals surface area contributed by atoms with Gasteiger partial charge in [0.15, 0.2) is 11.3 Å². The summed E-state index contributed by atoms with van der Waals surface area (Å²) in [5.74, 6) is -4.60. The molecule has 3 heterocycles. The quantitative estimate of drug-likeness (QED) is 0.320. The Bertz CT molecular complexity index is 1630. The van der Waals surface area contributed by atoms with Gasteiger partial charge in [0.2, 0.25) is 11.8 Å². The number of rotatable bonds is 9. The summed E-state index contributed by atoms with van der Waals surface area (Å²) in [6.45, 7) is 1.54. The Kier molecular flexibility index (Phi) is 7.12. The van der Waals surface area contributed by atoms with Crippen molar-refractivity contribution >= 4 is 17.5 Å². The van der Waals surface area contributed by atoms with Crippen molar-refractivity contribution < 1.29 is 36.2 Å². The van der Waals surface area contributed by atoms with Gasteiger partial charge in [-0.15, -0.1) is 0 Å². The van der Waals surface area contributed by atoms with Gasteiger partial charge in [0.1, 0.15) is 5.69 Å². The molecule has 11 nitrogen and oxygen atoms in total. The molecule has 0 radical (unpaired) electrons. The van der Waals surface area contributed by atoms with Crippen molar-refractivity contribution in [2.24, 2.45) is 16.7 Å². The van der Waals surface area contributed by atoms with Crippen molar-refractivity contribution in [3.05, 3.63) is 41.1 Å². The standard InChI is InChI=1S/C28H29F5N8O3/c1-15-21(40-44-39-15)24(43)38-22(16-2-4-27(29,30)5-3-16)18-13-41-19(36-18)10-17(12-35-41)23(25(14-34)6-7-25)37-20(42)11-26(8-9-26)28(31,32)33/h10,12-13,16,22-23H,2-9,11H2,1H3,(H,37,42)(H,38,43)/t22-,23+/m0/s1. The van der Waals surface area contributed by atoms with Gasteiger partial charge >= 0.3 is 6.18 Å². The van der Waals surface area contributed by atoms with E-state index < -0.39 is 53.2 Å². The molecule has 0 bridgehead atoms. The average Bonchev–Trinajstić information content (AvgIpc) is 3.85. The fraction of sp³-hybridized carbons (Fsp3) is 0.607. The summed E-state index contributed by atoms with van der Waals surface area (Å²) in [5, 5.41) is 27.0. The zero-order valence-corrected chi connectivity index (χ0v) is 23.6. The van der Waals surface area contributed by atoms with Crippen LogP contribution in [-0.4, -0.2) is 48.8 Å². The van der Waals surface area contributed by atoms with Crippen molar-refractivity contribution in [2.45, 2.75) is 88.9 Å². The number of fused-ring (bicyclic) bond motifs is 1. The Morgan fingerprint density at radius 2 is 1.84 bits per heavy atom. The summed E-state index contributed by atoms with van der Waals surface area (Å²) < 4.78 is 74.5. The minimum Gasteiger partial charge on any atom is -0.348 e. The molecule has 2 atom stereocenters. The maximum Gasteiger partial charge on any atom is 0.395 e. The van der Waals surface area contributed by atoms with Crippen LogP contribution in [0.4, 0.5) is 22.0 Å². The van der Waals surface area contributed by atoms with E-state index in [1.807, 2.05) is 0 Å². The lowest BCUT2D eigenvalue weighted by Gasteiger charge is -2.33. The molecule has 2 amide bonds. The molecule has 16 heteroatoms. The molecule has 44 heavy (non-hydrogen) atoms. The van der Waals surface area contributed by atoms with E-state index in [0.717, 1.165) is 0 Å². The molecular weight excluding hydrogens is 591 g/mol. The minimum absolute atomic E-state index is 0.0522. The van der Waals surface area contributed by atoms with Crippen LogP contribution in [-0.2, 0) is 4.79 Å². The Balaban J connectivity index is 1.29. The molecule has 0 unspecified atom stereocenters. The van der Waals surface area contributed by atoms with E-state index in [-0.39, 0.29) is 61.5 Å². The zero-order valence-electron chi connectivity index (χ0n) is 23.6. The predicted octanol–water partition coefficient (Wildman–Crippen LogP) is 4.91. The van der Waals surface area contributed by atoms with Crippen LogP contribution in [0.1, 0.15) is 97.3 Å². The normalized spacial score (nSPS) is 21.7. The van der Waals surface area contributed by atoms with Gasteiger partial charge in [0.05, 0.1) is 47.1 Å². The monoisotopic (exact) mass is 620 g/mol. The maximum absolute atomic E-state index is 14.0. The second kappa shape index (κ2) is 10.5. The number of carbonyl (C=O) groups is 2. The molecule has 3 fully saturated rings. The number of hydrogen-bond acceptors (Lipinski definition) is 8. The van der Waals surface area contributed by atoms with Crippen LogP contribution in [0.3, 0.4) is 0 Å². The van der Waals surface area contributed by atoms with Crippen molar-refractivity contribution in [3.63, 3.8) is 0 Å². The van der Waals surface area contributed by atoms with Crippen LogP contribution in [0.25, 0.3) is 5.65 Å². The number of carbonyl (C=O) groups excluding carboxylic acids is 2. The number of nitrogens with one attached hydrogen (secondary N) is 2. The molecule has 0 aromatic carbocycles. The van der Waals surface area contributed by atoms with E-state index in [0.29, 0.717) is 24.1 Å². The highest BCUT2D eigenvalue weighted by Crippen LogP contribution is 2.60. The molecule has 3 aromatic heterocycles. The molecule has 2 N–H and O–H groups in total. The van der Waals surface area contributed by atoms with Gasteiger partial charge in [-0.25, -0.2) is 22.9 Å². The molecular formula is C28H29F5N8O3. The van der Waals surface area contributed by atoms with Crippen molar-refractivity contribution in [2.75, 3.05) is 0 Å². The molecule has 3 aliphatic carbocycles. The van der Waals surface area contributed by atoms with Crippen LogP contribution in [0.2, 0.25) is 0 Å². The van der Waals surface area contributed by atoms with E-state index in [1.54, 1.807) is 12.3 Å². The first-order valence-corrected chi connectivity index (χ1v) is 14.4. The predicted molar refractivity (Wildman–Crippen MR) is 140 cm³/mol. The highest BCUT2D eigenvalue weighted by atomic mass is 19.4. The smallest absolute Gasteiger partial charge is 0.348 e. The number of nitriles is 1. The van der Waals surface area contributed by atoms with E-state index >= 15 is 0 Å². The first-order valence-electron chi connectivity index (χ1n) is 14.4. The molecule has 234 valence electrons. The third-order valence-corrected chi connectivity index (χ3v) is 9.22. The van der Waals surface area contributed by atoms with Crippen molar-refractivity contribution in [1.82, 2.24) is 35.5 Å². The first kappa shape index (κ1) is 29.9. The highest BCUT2D eigenvalue weighted by Gasteiger charge is 2.64. The molecule has 3 aromatic rings. The topological polar surface area (TPSA) is 151 Å². The SMILES string of the molecule is Cc1nonc1C(=O)N[C@H](c1cn2ncc([C@@H](NC(=O)CC3(C(F)(F)F)CC3)C3(C#N)CC3)cc2n1)C1CCC(F)(F)CC1. The Labute approximate surface area is 247 Å². The lowest BCUT2D eigenvalue weighted by molar-refractivity contribution is -0.190. The maximum atomic E-state index is 14.0. The molecule has 6 rings (SSSR count). The molecule has 0 aliphatic heterocycles. The Morgan fingerprint density at radius 1 is 1.14 bits per heavy atom. The zero-order chi connectivity index (χ0) is 31.5. The number of amides is 2. The number of aromatic nitrogens is 5. The number of nitrogens with zero attached hydrogens (tertiary/aromatic N) is 6. The van der Waals surface area contributed by atoms with Crippen LogP contribution in [0, 0.1) is 35.0 Å². The van der Waals surface area contributed by atoms with Crippen molar-refractivity contribution in [3.8, 4) is 6.07 Å². The Hall–Kier alpha value is -4.16. The molecule has 3 aliphatic rings. The average molecular weight is 621 g/mol. The number of alkyl halides is 5. The van der Waals surface area contributed by atoms with Gasteiger partial charge in [-0.3, -0.25) is 9.59 Å². The number of imidazole rings is 1. The van der Waals surface area contributed by atoms with Crippen LogP contribution < -0.4 is 10.6 Å². The summed E-state index contributed by atoms with van der Waals surface area (Å²) in [4.78, 5) is 30.5. The first-order chi connectivity index (χ1) is 20.7. The van der Waals surface area contributed by atoms with Crippen LogP contribution in [0.15, 0.2) is 23.1 Å². The van der Waals surface area contributed by atoms with Crippen LogP contribution >= 0.6 is 0 Å². The Morgan fingerprint density at radius 3 is 2.41 bits per heavy atom. The molecule has 3 saturated carbocycles. The summed E-state index contributed by atoms with van der Waals surface area (Å²) in [5.41, 5.74) is -1.82. The van der Waals surface area contributed by atoms with Gasteiger partial charge < -0.3 is 10.6 Å². The van der Waals surface area contributed by atoms with E-state index in [4.69, 9.17) is 0 Å². The van der Waals surface area contributed by atoms with Gasteiger partial charge in [0, 0.05) is 19.3 Å².